The topological polar surface area (TPSA) is 65.5 Å². The van der Waals surface area contributed by atoms with Gasteiger partial charge in [0.2, 0.25) is 5.78 Å². The van der Waals surface area contributed by atoms with Gasteiger partial charge < -0.3 is 9.47 Å². The Labute approximate surface area is 99.9 Å². The summed E-state index contributed by atoms with van der Waals surface area (Å²) >= 11 is 3.20. The van der Waals surface area contributed by atoms with E-state index in [1.54, 1.807) is 13.0 Å². The van der Waals surface area contributed by atoms with Crippen molar-refractivity contribution in [1.82, 2.24) is 4.98 Å². The van der Waals surface area contributed by atoms with Gasteiger partial charge in [0.15, 0.2) is 11.4 Å². The van der Waals surface area contributed by atoms with Gasteiger partial charge in [0, 0.05) is 10.7 Å². The lowest BCUT2D eigenvalue weighted by Crippen LogP contribution is -2.32. The van der Waals surface area contributed by atoms with Crippen LogP contribution in [0.15, 0.2) is 16.7 Å². The van der Waals surface area contributed by atoms with E-state index in [2.05, 4.69) is 20.9 Å². The highest BCUT2D eigenvalue weighted by Crippen LogP contribution is 2.29. The maximum Gasteiger partial charge on any atom is 0.355 e. The molecule has 6 heteroatoms. The van der Waals surface area contributed by atoms with Crippen molar-refractivity contribution < 1.29 is 19.1 Å². The molecule has 0 radical (unpaired) electrons. The van der Waals surface area contributed by atoms with E-state index in [0.29, 0.717) is 10.2 Å². The van der Waals surface area contributed by atoms with Gasteiger partial charge in [0.05, 0.1) is 6.61 Å². The van der Waals surface area contributed by atoms with Crippen LogP contribution < -0.4 is 4.74 Å². The van der Waals surface area contributed by atoms with Crippen LogP contribution >= 0.6 is 15.9 Å². The second-order valence-corrected chi connectivity index (χ2v) is 4.03. The average molecular weight is 286 g/mol. The third-order valence-electron chi connectivity index (χ3n) is 2.04. The summed E-state index contributed by atoms with van der Waals surface area (Å²) in [5.74, 6) is -0.833. The van der Waals surface area contributed by atoms with Crippen LogP contribution in [0.3, 0.4) is 0 Å². The third kappa shape index (κ3) is 1.80. The normalized spacial score (nSPS) is 17.9. The zero-order chi connectivity index (χ0) is 11.7. The van der Waals surface area contributed by atoms with E-state index in [9.17, 15) is 9.59 Å². The molecule has 1 aromatic heterocycles. The quantitative estimate of drug-likeness (QED) is 0.606. The van der Waals surface area contributed by atoms with Crippen molar-refractivity contribution in [3.63, 3.8) is 0 Å². The van der Waals surface area contributed by atoms with Gasteiger partial charge in [-0.15, -0.1) is 0 Å². The summed E-state index contributed by atoms with van der Waals surface area (Å²) in [6.07, 6.45) is 0.268. The molecule has 2 rings (SSSR count). The van der Waals surface area contributed by atoms with Crippen molar-refractivity contribution in [2.24, 2.45) is 0 Å². The van der Waals surface area contributed by atoms with Crippen molar-refractivity contribution in [1.29, 1.82) is 0 Å². The number of halogens is 1. The first kappa shape index (κ1) is 11.1. The van der Waals surface area contributed by atoms with E-state index in [-0.39, 0.29) is 12.3 Å². The predicted octanol–water partition coefficient (Wildman–Crippen LogP) is 1.35. The number of fused-ring (bicyclic) bond motifs is 1. The molecule has 2 heterocycles. The fourth-order valence-corrected chi connectivity index (χ4v) is 1.68. The van der Waals surface area contributed by atoms with Crippen LogP contribution in [0.4, 0.5) is 0 Å². The van der Waals surface area contributed by atoms with Gasteiger partial charge in [-0.05, 0) is 28.9 Å². The maximum atomic E-state index is 11.7. The van der Waals surface area contributed by atoms with Gasteiger partial charge >= 0.3 is 5.97 Å². The lowest BCUT2D eigenvalue weighted by Gasteiger charge is -2.07. The molecule has 0 bridgehead atoms. The number of rotatable bonds is 2. The Hall–Kier alpha value is -1.43. The van der Waals surface area contributed by atoms with E-state index in [1.165, 1.54) is 6.20 Å². The highest BCUT2D eigenvalue weighted by Gasteiger charge is 2.40. The molecule has 0 aliphatic carbocycles. The number of carbonyl (C=O) groups is 2. The van der Waals surface area contributed by atoms with Crippen LogP contribution in [0.25, 0.3) is 0 Å². The fourth-order valence-electron chi connectivity index (χ4n) is 1.37. The van der Waals surface area contributed by atoms with Crippen LogP contribution in [0.5, 0.6) is 5.75 Å². The first-order valence-electron chi connectivity index (χ1n) is 4.66. The molecular weight excluding hydrogens is 278 g/mol. The molecule has 1 aromatic rings. The molecule has 1 atom stereocenters. The summed E-state index contributed by atoms with van der Waals surface area (Å²) in [5.41, 5.74) is 0.168. The monoisotopic (exact) mass is 285 g/mol. The van der Waals surface area contributed by atoms with E-state index >= 15 is 0 Å². The molecule has 5 nitrogen and oxygen atoms in total. The summed E-state index contributed by atoms with van der Waals surface area (Å²) in [6.45, 7) is 1.87. The van der Waals surface area contributed by atoms with Crippen LogP contribution in [-0.2, 0) is 9.53 Å². The molecule has 0 saturated heterocycles. The van der Waals surface area contributed by atoms with E-state index in [4.69, 9.17) is 9.47 Å². The van der Waals surface area contributed by atoms with Crippen LogP contribution in [-0.4, -0.2) is 29.4 Å². The highest BCUT2D eigenvalue weighted by atomic mass is 79.9. The molecule has 0 saturated carbocycles. The number of hydrogen-bond acceptors (Lipinski definition) is 5. The fraction of sp³-hybridized carbons (Fsp3) is 0.300. The largest absolute Gasteiger partial charge is 0.468 e. The van der Waals surface area contributed by atoms with Crippen LogP contribution in [0.2, 0.25) is 0 Å². The van der Waals surface area contributed by atoms with Gasteiger partial charge in [-0.25, -0.2) is 9.78 Å². The molecule has 0 N–H and O–H groups in total. The summed E-state index contributed by atoms with van der Waals surface area (Å²) in [6, 6.07) is 1.60. The Morgan fingerprint density at radius 3 is 3.12 bits per heavy atom. The second-order valence-electron chi connectivity index (χ2n) is 3.11. The van der Waals surface area contributed by atoms with E-state index in [0.717, 1.165) is 0 Å². The molecule has 16 heavy (non-hydrogen) atoms. The predicted molar refractivity (Wildman–Crippen MR) is 57.3 cm³/mol. The number of ketones is 1. The molecule has 0 spiro atoms. The van der Waals surface area contributed by atoms with Crippen LogP contribution in [0, 0.1) is 0 Å². The lowest BCUT2D eigenvalue weighted by atomic mass is 10.2. The Kier molecular flexibility index (Phi) is 2.91. The summed E-state index contributed by atoms with van der Waals surface area (Å²) in [4.78, 5) is 27.0. The van der Waals surface area contributed by atoms with Crippen molar-refractivity contribution in [3.05, 3.63) is 22.4 Å². The Bertz CT molecular complexity index is 460. The van der Waals surface area contributed by atoms with Crippen molar-refractivity contribution in [2.45, 2.75) is 13.0 Å². The van der Waals surface area contributed by atoms with Gasteiger partial charge in [-0.3, -0.25) is 4.79 Å². The van der Waals surface area contributed by atoms with E-state index < -0.39 is 17.9 Å². The third-order valence-corrected chi connectivity index (χ3v) is 2.47. The molecular formula is C10H8BrNO4. The zero-order valence-corrected chi connectivity index (χ0v) is 9.98. The van der Waals surface area contributed by atoms with Crippen molar-refractivity contribution >= 4 is 27.7 Å². The first-order chi connectivity index (χ1) is 7.63. The van der Waals surface area contributed by atoms with Gasteiger partial charge in [0.25, 0.3) is 6.10 Å². The minimum absolute atomic E-state index is 0.168. The lowest BCUT2D eigenvalue weighted by molar-refractivity contribution is -0.148. The van der Waals surface area contributed by atoms with Gasteiger partial charge in [-0.1, -0.05) is 0 Å². The number of esters is 1. The standard InChI is InChI=1S/C10H8BrNO4/c1-2-15-10(14)9-8(13)7-6(16-9)3-5(11)4-12-7/h3-4,9H,2H2,1H3. The maximum absolute atomic E-state index is 11.7. The minimum Gasteiger partial charge on any atom is -0.468 e. The number of carbonyl (C=O) groups excluding carboxylic acids is 2. The smallest absolute Gasteiger partial charge is 0.355 e. The molecule has 0 aromatic carbocycles. The highest BCUT2D eigenvalue weighted by molar-refractivity contribution is 9.10. The first-order valence-corrected chi connectivity index (χ1v) is 5.46. The summed E-state index contributed by atoms with van der Waals surface area (Å²) in [5, 5.41) is 0. The molecule has 1 aliphatic heterocycles. The number of nitrogens with zero attached hydrogens (tertiary/aromatic N) is 1. The number of pyridine rings is 1. The molecule has 1 unspecified atom stereocenters. The van der Waals surface area contributed by atoms with Crippen molar-refractivity contribution in [3.8, 4) is 5.75 Å². The van der Waals surface area contributed by atoms with E-state index in [1.807, 2.05) is 0 Å². The molecule has 84 valence electrons. The molecule has 0 fully saturated rings. The Morgan fingerprint density at radius 2 is 2.44 bits per heavy atom. The molecule has 0 amide bonds. The average Bonchev–Trinajstić information content (AvgIpc) is 2.56. The Balaban J connectivity index is 2.27. The second kappa shape index (κ2) is 4.21. The SMILES string of the molecule is CCOC(=O)C1Oc2cc(Br)cnc2C1=O. The number of ether oxygens (including phenoxy) is 2. The van der Waals surface area contributed by atoms with Gasteiger partial charge in [-0.2, -0.15) is 0 Å². The number of Topliss-reactive ketones (excluding diaryl/α,β-unsaturated/α-hetero) is 1. The number of aromatic nitrogens is 1. The van der Waals surface area contributed by atoms with Gasteiger partial charge in [0.1, 0.15) is 0 Å². The summed E-state index contributed by atoms with van der Waals surface area (Å²) in [7, 11) is 0. The minimum atomic E-state index is -1.21. The Morgan fingerprint density at radius 1 is 1.69 bits per heavy atom. The van der Waals surface area contributed by atoms with Crippen molar-refractivity contribution in [2.75, 3.05) is 6.61 Å². The van der Waals surface area contributed by atoms with Crippen LogP contribution in [0.1, 0.15) is 17.4 Å². The zero-order valence-electron chi connectivity index (χ0n) is 8.40. The number of hydrogen-bond donors (Lipinski definition) is 0. The molecule has 1 aliphatic rings. The summed E-state index contributed by atoms with van der Waals surface area (Å²) < 4.78 is 10.6.